The minimum atomic E-state index is -0.778. The summed E-state index contributed by atoms with van der Waals surface area (Å²) < 4.78 is 16.9. The predicted octanol–water partition coefficient (Wildman–Crippen LogP) is 22.2. The monoisotopic (exact) mass is 1040 g/mol. The van der Waals surface area contributed by atoms with Gasteiger partial charge >= 0.3 is 17.9 Å². The van der Waals surface area contributed by atoms with E-state index in [-0.39, 0.29) is 31.1 Å². The number of allylic oxidation sites excluding steroid dienone is 8. The lowest BCUT2D eigenvalue weighted by Gasteiger charge is -2.18. The van der Waals surface area contributed by atoms with E-state index in [9.17, 15) is 14.4 Å². The number of rotatable bonds is 60. The third-order valence-electron chi connectivity index (χ3n) is 14.6. The maximum Gasteiger partial charge on any atom is 0.306 e. The van der Waals surface area contributed by atoms with E-state index in [0.717, 1.165) is 83.5 Å². The van der Waals surface area contributed by atoms with Gasteiger partial charge in [-0.15, -0.1) is 0 Å². The van der Waals surface area contributed by atoms with Gasteiger partial charge in [0.1, 0.15) is 13.2 Å². The molecule has 0 fully saturated rings. The summed E-state index contributed by atoms with van der Waals surface area (Å²) in [5, 5.41) is 0. The van der Waals surface area contributed by atoms with Crippen LogP contribution in [0.4, 0.5) is 0 Å². The van der Waals surface area contributed by atoms with E-state index in [1.165, 1.54) is 225 Å². The molecule has 0 saturated heterocycles. The SMILES string of the molecule is CCCCCC/C=C\C/C=C\CCCCCCCC(=O)OCC(COC(=O)CCCCCCCCCCCCC/C=C\C/C=C\CCCCCCC)OC(=O)CCCCCCCCCCCCCCCCCCC. The van der Waals surface area contributed by atoms with Crippen LogP contribution in [0.2, 0.25) is 0 Å². The fraction of sp³-hybridized carbons (Fsp3) is 0.838. The van der Waals surface area contributed by atoms with Gasteiger partial charge in [-0.1, -0.05) is 294 Å². The highest BCUT2D eigenvalue weighted by Crippen LogP contribution is 2.17. The molecule has 0 aromatic carbocycles. The van der Waals surface area contributed by atoms with Crippen LogP contribution in [0.15, 0.2) is 48.6 Å². The van der Waals surface area contributed by atoms with Crippen molar-refractivity contribution < 1.29 is 28.6 Å². The summed E-state index contributed by atoms with van der Waals surface area (Å²) in [7, 11) is 0. The first-order valence-corrected chi connectivity index (χ1v) is 32.6. The van der Waals surface area contributed by atoms with Crippen molar-refractivity contribution in [3.8, 4) is 0 Å². The molecule has 0 spiro atoms. The number of hydrogen-bond donors (Lipinski definition) is 0. The van der Waals surface area contributed by atoms with Gasteiger partial charge in [-0.3, -0.25) is 14.4 Å². The fourth-order valence-electron chi connectivity index (χ4n) is 9.62. The van der Waals surface area contributed by atoms with Crippen LogP contribution >= 0.6 is 0 Å². The molecule has 0 N–H and O–H groups in total. The molecule has 0 aliphatic carbocycles. The van der Waals surface area contributed by atoms with Gasteiger partial charge in [-0.2, -0.15) is 0 Å². The predicted molar refractivity (Wildman–Crippen MR) is 321 cm³/mol. The Morgan fingerprint density at radius 2 is 0.486 bits per heavy atom. The van der Waals surface area contributed by atoms with E-state index in [1.54, 1.807) is 0 Å². The Morgan fingerprint density at radius 3 is 0.757 bits per heavy atom. The summed E-state index contributed by atoms with van der Waals surface area (Å²) in [6.45, 7) is 6.66. The maximum atomic E-state index is 12.9. The molecule has 0 saturated carbocycles. The van der Waals surface area contributed by atoms with Gasteiger partial charge in [0.05, 0.1) is 0 Å². The molecule has 0 rings (SSSR count). The molecule has 0 aliphatic rings. The summed E-state index contributed by atoms with van der Waals surface area (Å²) in [6, 6.07) is 0. The number of hydrogen-bond acceptors (Lipinski definition) is 6. The average molecular weight is 1040 g/mol. The summed E-state index contributed by atoms with van der Waals surface area (Å²) in [4.78, 5) is 38.3. The summed E-state index contributed by atoms with van der Waals surface area (Å²) in [5.74, 6) is -0.868. The minimum absolute atomic E-state index is 0.0751. The highest BCUT2D eigenvalue weighted by Gasteiger charge is 2.19. The van der Waals surface area contributed by atoms with Crippen molar-refractivity contribution >= 4 is 17.9 Å². The third-order valence-corrected chi connectivity index (χ3v) is 14.6. The molecule has 0 aliphatic heterocycles. The van der Waals surface area contributed by atoms with Crippen molar-refractivity contribution in [3.05, 3.63) is 48.6 Å². The largest absolute Gasteiger partial charge is 0.462 e. The molecule has 0 bridgehead atoms. The van der Waals surface area contributed by atoms with Crippen molar-refractivity contribution in [2.75, 3.05) is 13.2 Å². The molecular formula is C68H124O6. The standard InChI is InChI=1S/C68H124O6/c1-4-7-10-13-16-19-22-25-28-31-32-33-34-35-36-38-40-43-46-49-52-55-58-61-67(70)73-64-65(63-72-66(69)60-57-54-51-48-45-42-39-30-27-24-21-18-15-12-9-6-3)74-68(71)62-59-56-53-50-47-44-41-37-29-26-23-20-17-14-11-8-5-2/h21-22,24-25,30-32,39,65H,4-20,23,26-29,33-38,40-64H2,1-3H3/b24-21-,25-22-,32-31-,39-30-. The normalized spacial score (nSPS) is 12.3. The summed E-state index contributed by atoms with van der Waals surface area (Å²) in [6.07, 6.45) is 78.3. The Labute approximate surface area is 460 Å². The highest BCUT2D eigenvalue weighted by molar-refractivity contribution is 5.71. The van der Waals surface area contributed by atoms with E-state index < -0.39 is 6.10 Å². The van der Waals surface area contributed by atoms with Crippen LogP contribution in [-0.2, 0) is 28.6 Å². The second kappa shape index (κ2) is 62.9. The van der Waals surface area contributed by atoms with Gasteiger partial charge in [0.2, 0.25) is 0 Å². The third kappa shape index (κ3) is 60.2. The van der Waals surface area contributed by atoms with Crippen LogP contribution in [0.3, 0.4) is 0 Å². The molecule has 6 heteroatoms. The van der Waals surface area contributed by atoms with Gasteiger partial charge < -0.3 is 14.2 Å². The van der Waals surface area contributed by atoms with Crippen LogP contribution in [0.25, 0.3) is 0 Å². The van der Waals surface area contributed by atoms with Crippen LogP contribution in [-0.4, -0.2) is 37.2 Å². The first kappa shape index (κ1) is 71.4. The molecule has 432 valence electrons. The van der Waals surface area contributed by atoms with Crippen molar-refractivity contribution in [2.45, 2.75) is 354 Å². The maximum absolute atomic E-state index is 12.9. The molecule has 0 heterocycles. The molecule has 74 heavy (non-hydrogen) atoms. The second-order valence-corrected chi connectivity index (χ2v) is 22.0. The number of ether oxygens (including phenoxy) is 3. The zero-order valence-electron chi connectivity index (χ0n) is 49.6. The molecule has 1 atom stereocenters. The molecule has 0 aromatic heterocycles. The van der Waals surface area contributed by atoms with Crippen LogP contribution < -0.4 is 0 Å². The van der Waals surface area contributed by atoms with E-state index in [1.807, 2.05) is 0 Å². The van der Waals surface area contributed by atoms with E-state index >= 15 is 0 Å². The molecular weight excluding hydrogens is 913 g/mol. The second-order valence-electron chi connectivity index (χ2n) is 22.0. The smallest absolute Gasteiger partial charge is 0.306 e. The highest BCUT2D eigenvalue weighted by atomic mass is 16.6. The van der Waals surface area contributed by atoms with Gasteiger partial charge in [-0.25, -0.2) is 0 Å². The zero-order chi connectivity index (χ0) is 53.6. The lowest BCUT2D eigenvalue weighted by Crippen LogP contribution is -2.30. The zero-order valence-corrected chi connectivity index (χ0v) is 49.6. The van der Waals surface area contributed by atoms with Crippen molar-refractivity contribution in [3.63, 3.8) is 0 Å². The quantitative estimate of drug-likeness (QED) is 0.0261. The van der Waals surface area contributed by atoms with Crippen molar-refractivity contribution in [2.24, 2.45) is 0 Å². The number of esters is 3. The number of unbranched alkanes of at least 4 members (excludes halogenated alkanes) is 41. The fourth-order valence-corrected chi connectivity index (χ4v) is 9.62. The van der Waals surface area contributed by atoms with Gasteiger partial charge in [-0.05, 0) is 83.5 Å². The minimum Gasteiger partial charge on any atom is -0.462 e. The lowest BCUT2D eigenvalue weighted by atomic mass is 10.0. The first-order chi connectivity index (χ1) is 36.5. The Kier molecular flexibility index (Phi) is 60.7. The van der Waals surface area contributed by atoms with E-state index in [0.29, 0.717) is 19.3 Å². The number of carbonyl (C=O) groups is 3. The van der Waals surface area contributed by atoms with Crippen LogP contribution in [0.5, 0.6) is 0 Å². The van der Waals surface area contributed by atoms with Gasteiger partial charge in [0, 0.05) is 19.3 Å². The number of carbonyl (C=O) groups excluding carboxylic acids is 3. The molecule has 0 radical (unpaired) electrons. The molecule has 0 aromatic rings. The van der Waals surface area contributed by atoms with Gasteiger partial charge in [0.15, 0.2) is 6.10 Å². The Hall–Kier alpha value is -2.63. The lowest BCUT2D eigenvalue weighted by molar-refractivity contribution is -0.167. The van der Waals surface area contributed by atoms with E-state index in [4.69, 9.17) is 14.2 Å². The summed E-state index contributed by atoms with van der Waals surface area (Å²) in [5.41, 5.74) is 0. The molecule has 0 amide bonds. The van der Waals surface area contributed by atoms with Crippen molar-refractivity contribution in [1.82, 2.24) is 0 Å². The summed E-state index contributed by atoms with van der Waals surface area (Å²) >= 11 is 0. The van der Waals surface area contributed by atoms with Gasteiger partial charge in [0.25, 0.3) is 0 Å². The molecule has 1 unspecified atom stereocenters. The Bertz CT molecular complexity index is 1280. The molecule has 6 nitrogen and oxygen atoms in total. The van der Waals surface area contributed by atoms with Crippen LogP contribution in [0, 0.1) is 0 Å². The van der Waals surface area contributed by atoms with Crippen LogP contribution in [0.1, 0.15) is 348 Å². The van der Waals surface area contributed by atoms with E-state index in [2.05, 4.69) is 69.4 Å². The Balaban J connectivity index is 4.32. The van der Waals surface area contributed by atoms with Crippen molar-refractivity contribution in [1.29, 1.82) is 0 Å². The first-order valence-electron chi connectivity index (χ1n) is 32.6. The average Bonchev–Trinajstić information content (AvgIpc) is 3.40. The Morgan fingerprint density at radius 1 is 0.270 bits per heavy atom. The topological polar surface area (TPSA) is 78.9 Å².